The molecule has 0 aliphatic carbocycles. The number of amides is 6. The molecule has 3 aromatic carbocycles. The standard InChI is InChI=1S/C41H42ClN5O9/c1-2-25(38(43)51)34(28-21-29(42)26-13-9-18-45-36(26)37(28)50)23-10-7-11-24(20-23)55-19-6-4-3-5-17-44-33(49)22-56-31-14-8-12-27-35(31)41(54)47(40(27)53)30-15-16-32(48)46-39(30)52/h7-14,18,20-21,25,30,34,50H,2-6,15-17,19,22H2,1H3,(H2,43,51)(H,44,49)(H,46,48,52). The van der Waals surface area contributed by atoms with Gasteiger partial charge in [0.15, 0.2) is 6.61 Å². The average Bonchev–Trinajstić information content (AvgIpc) is 3.44. The van der Waals surface area contributed by atoms with Crippen LogP contribution >= 0.6 is 11.6 Å². The summed E-state index contributed by atoms with van der Waals surface area (Å²) in [5, 5.41) is 17.3. The number of carbonyl (C=O) groups excluding carboxylic acids is 6. The lowest BCUT2D eigenvalue weighted by molar-refractivity contribution is -0.136. The predicted molar refractivity (Wildman–Crippen MR) is 205 cm³/mol. The number of imide groups is 2. The number of phenolic OH excluding ortho intramolecular Hbond substituents is 1. The molecule has 0 bridgehead atoms. The fourth-order valence-corrected chi connectivity index (χ4v) is 7.54. The van der Waals surface area contributed by atoms with E-state index >= 15 is 0 Å². The van der Waals surface area contributed by atoms with Crippen LogP contribution in [0.1, 0.15) is 89.6 Å². The molecule has 1 aromatic heterocycles. The lowest BCUT2D eigenvalue weighted by atomic mass is 9.78. The Bertz CT molecular complexity index is 2190. The Morgan fingerprint density at radius 2 is 1.80 bits per heavy atom. The Hall–Kier alpha value is -6.02. The summed E-state index contributed by atoms with van der Waals surface area (Å²) in [6.45, 7) is 2.32. The van der Waals surface area contributed by atoms with Crippen LogP contribution in [0.2, 0.25) is 5.02 Å². The molecular weight excluding hydrogens is 742 g/mol. The van der Waals surface area contributed by atoms with Crippen LogP contribution in [0, 0.1) is 5.92 Å². The molecule has 14 nitrogen and oxygen atoms in total. The molecule has 5 N–H and O–H groups in total. The maximum atomic E-state index is 13.2. The summed E-state index contributed by atoms with van der Waals surface area (Å²) >= 11 is 6.61. The Balaban J connectivity index is 0.957. The zero-order valence-corrected chi connectivity index (χ0v) is 31.5. The first-order valence-electron chi connectivity index (χ1n) is 18.5. The van der Waals surface area contributed by atoms with E-state index in [1.165, 1.54) is 18.2 Å². The maximum absolute atomic E-state index is 13.2. The summed E-state index contributed by atoms with van der Waals surface area (Å²) < 4.78 is 11.7. The number of ether oxygens (including phenoxy) is 2. The number of hydrogen-bond donors (Lipinski definition) is 4. The van der Waals surface area contributed by atoms with E-state index in [2.05, 4.69) is 15.6 Å². The van der Waals surface area contributed by atoms with Crippen molar-refractivity contribution in [3.05, 3.63) is 94.1 Å². The van der Waals surface area contributed by atoms with Gasteiger partial charge in [0.05, 0.1) is 22.8 Å². The number of rotatable bonds is 17. The summed E-state index contributed by atoms with van der Waals surface area (Å²) in [6.07, 6.45) is 5.14. The number of unbranched alkanes of at least 4 members (excludes halogenated alkanes) is 3. The van der Waals surface area contributed by atoms with Crippen LogP contribution in [0.25, 0.3) is 10.9 Å². The van der Waals surface area contributed by atoms with Gasteiger partial charge in [-0.3, -0.25) is 44.0 Å². The van der Waals surface area contributed by atoms with Gasteiger partial charge in [-0.2, -0.15) is 0 Å². The number of halogens is 1. The summed E-state index contributed by atoms with van der Waals surface area (Å²) in [7, 11) is 0. The largest absolute Gasteiger partial charge is 0.505 e. The molecular formula is C41H42ClN5O9. The predicted octanol–water partition coefficient (Wildman–Crippen LogP) is 4.77. The van der Waals surface area contributed by atoms with Crippen LogP contribution in [0.3, 0.4) is 0 Å². The average molecular weight is 784 g/mol. The van der Waals surface area contributed by atoms with Gasteiger partial charge < -0.3 is 25.6 Å². The number of phenols is 1. The highest BCUT2D eigenvalue weighted by molar-refractivity contribution is 6.35. The molecule has 0 saturated carbocycles. The second-order valence-electron chi connectivity index (χ2n) is 13.7. The van der Waals surface area contributed by atoms with Crippen LogP contribution in [0.5, 0.6) is 17.2 Å². The number of nitrogens with zero attached hydrogens (tertiary/aromatic N) is 2. The van der Waals surface area contributed by atoms with Gasteiger partial charge in [0.25, 0.3) is 17.7 Å². The van der Waals surface area contributed by atoms with Crippen LogP contribution < -0.4 is 25.8 Å². The number of pyridine rings is 1. The summed E-state index contributed by atoms with van der Waals surface area (Å²) in [4.78, 5) is 80.5. The van der Waals surface area contributed by atoms with E-state index in [0.29, 0.717) is 53.2 Å². The van der Waals surface area contributed by atoms with E-state index in [-0.39, 0.29) is 42.1 Å². The molecule has 3 heterocycles. The molecule has 1 saturated heterocycles. The number of benzene rings is 3. The highest BCUT2D eigenvalue weighted by atomic mass is 35.5. The number of nitrogens with two attached hydrogens (primary N) is 1. The molecule has 6 rings (SSSR count). The second kappa shape index (κ2) is 17.6. The molecule has 3 atom stereocenters. The molecule has 0 radical (unpaired) electrons. The monoisotopic (exact) mass is 783 g/mol. The maximum Gasteiger partial charge on any atom is 0.266 e. The zero-order valence-electron chi connectivity index (χ0n) is 30.7. The van der Waals surface area contributed by atoms with Gasteiger partial charge in [0, 0.05) is 41.9 Å². The lowest BCUT2D eigenvalue weighted by Crippen LogP contribution is -2.54. The van der Waals surface area contributed by atoms with Crippen molar-refractivity contribution in [3.63, 3.8) is 0 Å². The first-order valence-corrected chi connectivity index (χ1v) is 18.9. The van der Waals surface area contributed by atoms with Crippen molar-refractivity contribution >= 4 is 57.9 Å². The topological polar surface area (TPSA) is 207 Å². The van der Waals surface area contributed by atoms with Gasteiger partial charge in [-0.15, -0.1) is 0 Å². The van der Waals surface area contributed by atoms with E-state index in [1.54, 1.807) is 24.4 Å². The van der Waals surface area contributed by atoms with Crippen LogP contribution in [0.15, 0.2) is 66.9 Å². The summed E-state index contributed by atoms with van der Waals surface area (Å²) in [6, 6.07) is 15.9. The van der Waals surface area contributed by atoms with Crippen LogP contribution in [-0.2, 0) is 19.2 Å². The number of piperidine rings is 1. The van der Waals surface area contributed by atoms with Gasteiger partial charge >= 0.3 is 0 Å². The molecule has 292 valence electrons. The smallest absolute Gasteiger partial charge is 0.266 e. The van der Waals surface area contributed by atoms with Crippen LogP contribution in [0.4, 0.5) is 0 Å². The first kappa shape index (κ1) is 39.7. The minimum absolute atomic E-state index is 0.00650. The van der Waals surface area contributed by atoms with Gasteiger partial charge in [-0.25, -0.2) is 0 Å². The number of carbonyl (C=O) groups is 6. The summed E-state index contributed by atoms with van der Waals surface area (Å²) in [5.74, 6) is -4.08. The third-order valence-electron chi connectivity index (χ3n) is 10.1. The zero-order chi connectivity index (χ0) is 39.9. The second-order valence-corrected chi connectivity index (χ2v) is 14.1. The van der Waals surface area contributed by atoms with E-state index in [0.717, 1.165) is 29.7 Å². The fraction of sp³-hybridized carbons (Fsp3) is 0.341. The van der Waals surface area contributed by atoms with Crippen molar-refractivity contribution in [2.24, 2.45) is 11.7 Å². The van der Waals surface area contributed by atoms with Gasteiger partial charge in [0.2, 0.25) is 17.7 Å². The Morgan fingerprint density at radius 3 is 2.57 bits per heavy atom. The van der Waals surface area contributed by atoms with Crippen molar-refractivity contribution in [3.8, 4) is 17.2 Å². The normalized spacial score (nSPS) is 16.3. The summed E-state index contributed by atoms with van der Waals surface area (Å²) in [5.41, 5.74) is 7.43. The molecule has 3 unspecified atom stereocenters. The number of primary amides is 1. The number of hydrogen-bond acceptors (Lipinski definition) is 10. The minimum Gasteiger partial charge on any atom is -0.505 e. The van der Waals surface area contributed by atoms with E-state index in [1.807, 2.05) is 31.2 Å². The van der Waals surface area contributed by atoms with Crippen LogP contribution in [-0.4, -0.2) is 76.2 Å². The van der Waals surface area contributed by atoms with Gasteiger partial charge in [-0.1, -0.05) is 49.6 Å². The Kier molecular flexibility index (Phi) is 12.5. The van der Waals surface area contributed by atoms with E-state index < -0.39 is 53.3 Å². The third-order valence-corrected chi connectivity index (χ3v) is 10.4. The van der Waals surface area contributed by atoms with Crippen molar-refractivity contribution in [1.82, 2.24) is 20.5 Å². The SMILES string of the molecule is CCC(C(N)=O)C(c1cccc(OCCCCCCNC(=O)COc2cccc3c2C(=O)N(C2CCC(=O)NC2=O)C3=O)c1)c1cc(Cl)c2cccnc2c1O. The molecule has 6 amide bonds. The fourth-order valence-electron chi connectivity index (χ4n) is 7.27. The lowest BCUT2D eigenvalue weighted by Gasteiger charge is -2.27. The highest BCUT2D eigenvalue weighted by Gasteiger charge is 2.46. The highest BCUT2D eigenvalue weighted by Crippen LogP contribution is 2.44. The van der Waals surface area contributed by atoms with Crippen molar-refractivity contribution < 1.29 is 43.3 Å². The molecule has 56 heavy (non-hydrogen) atoms. The van der Waals surface area contributed by atoms with Crippen molar-refractivity contribution in [1.29, 1.82) is 0 Å². The Morgan fingerprint density at radius 1 is 1.02 bits per heavy atom. The first-order chi connectivity index (χ1) is 27.0. The molecule has 2 aliphatic rings. The number of aromatic nitrogens is 1. The molecule has 2 aliphatic heterocycles. The number of nitrogens with one attached hydrogen (secondary N) is 2. The van der Waals surface area contributed by atoms with Gasteiger partial charge in [0.1, 0.15) is 28.8 Å². The van der Waals surface area contributed by atoms with E-state index in [4.69, 9.17) is 26.8 Å². The van der Waals surface area contributed by atoms with Gasteiger partial charge in [-0.05, 0) is 73.7 Å². The number of fused-ring (bicyclic) bond motifs is 2. The Labute approximate surface area is 327 Å². The third kappa shape index (κ3) is 8.45. The number of aromatic hydroxyl groups is 1. The molecule has 1 fully saturated rings. The van der Waals surface area contributed by atoms with E-state index in [9.17, 15) is 33.9 Å². The minimum atomic E-state index is -1.11. The molecule has 0 spiro atoms. The molecule has 15 heteroatoms. The quantitative estimate of drug-likeness (QED) is 0.0852. The van der Waals surface area contributed by atoms with Crippen molar-refractivity contribution in [2.75, 3.05) is 19.8 Å². The van der Waals surface area contributed by atoms with Crippen molar-refractivity contribution in [2.45, 2.75) is 63.8 Å². The molecule has 4 aromatic rings.